The maximum atomic E-state index is 12.5. The standard InChI is InChI=1S/C9H20ClN2O5PS/c1-19(14,15)17-9-3-7-12-6-2-8-16-18(12,13)11-5-4-10/h2-9H2,1H3,(H,11,13). The van der Waals surface area contributed by atoms with Gasteiger partial charge in [0.25, 0.3) is 10.1 Å². The van der Waals surface area contributed by atoms with Gasteiger partial charge in [-0.05, 0) is 12.8 Å². The molecule has 1 atom stereocenters. The van der Waals surface area contributed by atoms with Gasteiger partial charge in [-0.25, -0.2) is 9.76 Å². The summed E-state index contributed by atoms with van der Waals surface area (Å²) >= 11 is 5.56. The van der Waals surface area contributed by atoms with E-state index >= 15 is 0 Å². The molecule has 1 heterocycles. The van der Waals surface area contributed by atoms with E-state index in [0.29, 0.717) is 38.5 Å². The summed E-state index contributed by atoms with van der Waals surface area (Å²) in [4.78, 5) is 0. The van der Waals surface area contributed by atoms with E-state index in [1.54, 1.807) is 4.67 Å². The van der Waals surface area contributed by atoms with Gasteiger partial charge in [0.2, 0.25) is 0 Å². The molecule has 1 rings (SSSR count). The molecule has 0 aromatic carbocycles. The molecule has 19 heavy (non-hydrogen) atoms. The second-order valence-electron chi connectivity index (χ2n) is 4.14. The Balaban J connectivity index is 2.42. The lowest BCUT2D eigenvalue weighted by molar-refractivity contribution is 0.192. The molecule has 0 aromatic heterocycles. The molecule has 1 unspecified atom stereocenters. The highest BCUT2D eigenvalue weighted by atomic mass is 35.5. The lowest BCUT2D eigenvalue weighted by atomic mass is 10.4. The molecule has 0 saturated carbocycles. The first-order valence-corrected chi connectivity index (χ1v) is 9.96. The minimum Gasteiger partial charge on any atom is -0.306 e. The van der Waals surface area contributed by atoms with Gasteiger partial charge in [0.1, 0.15) is 0 Å². The van der Waals surface area contributed by atoms with Crippen molar-refractivity contribution in [3.63, 3.8) is 0 Å². The van der Waals surface area contributed by atoms with Crippen LogP contribution in [0.15, 0.2) is 0 Å². The first-order valence-electron chi connectivity index (χ1n) is 6.03. The monoisotopic (exact) mass is 334 g/mol. The van der Waals surface area contributed by atoms with Crippen LogP contribution >= 0.6 is 19.3 Å². The summed E-state index contributed by atoms with van der Waals surface area (Å²) in [6, 6.07) is 0. The Labute approximate surface area is 119 Å². The molecular weight excluding hydrogens is 315 g/mol. The largest absolute Gasteiger partial charge is 0.343 e. The highest BCUT2D eigenvalue weighted by Crippen LogP contribution is 2.48. The van der Waals surface area contributed by atoms with Gasteiger partial charge in [0.15, 0.2) is 0 Å². The minimum atomic E-state index is -3.42. The molecule has 0 aromatic rings. The van der Waals surface area contributed by atoms with Crippen LogP contribution in [0.4, 0.5) is 0 Å². The normalized spacial score (nSPS) is 25.6. The van der Waals surface area contributed by atoms with Gasteiger partial charge in [-0.15, -0.1) is 11.6 Å². The van der Waals surface area contributed by atoms with Gasteiger partial charge in [0, 0.05) is 25.5 Å². The first kappa shape index (κ1) is 17.4. The van der Waals surface area contributed by atoms with Gasteiger partial charge in [-0.3, -0.25) is 8.75 Å². The second-order valence-corrected chi connectivity index (χ2v) is 8.34. The zero-order chi connectivity index (χ0) is 14.4. The number of nitrogens with zero attached hydrogens (tertiary/aromatic N) is 1. The van der Waals surface area contributed by atoms with Crippen molar-refractivity contribution in [2.75, 3.05) is 45.0 Å². The Bertz CT molecular complexity index is 419. The van der Waals surface area contributed by atoms with Crippen LogP contribution in [-0.4, -0.2) is 58.1 Å². The average molecular weight is 335 g/mol. The van der Waals surface area contributed by atoms with E-state index in [-0.39, 0.29) is 6.61 Å². The maximum absolute atomic E-state index is 12.5. The van der Waals surface area contributed by atoms with Crippen molar-refractivity contribution in [2.45, 2.75) is 12.8 Å². The zero-order valence-electron chi connectivity index (χ0n) is 10.9. The molecular formula is C9H20ClN2O5PS. The molecule has 0 spiro atoms. The summed E-state index contributed by atoms with van der Waals surface area (Å²) in [6.07, 6.45) is 2.26. The topological polar surface area (TPSA) is 84.9 Å². The molecule has 114 valence electrons. The van der Waals surface area contributed by atoms with Gasteiger partial charge < -0.3 is 4.52 Å². The van der Waals surface area contributed by atoms with Crippen molar-refractivity contribution in [3.8, 4) is 0 Å². The van der Waals surface area contributed by atoms with E-state index < -0.39 is 17.8 Å². The second kappa shape index (κ2) is 7.93. The Kier molecular flexibility index (Phi) is 7.24. The molecule has 0 bridgehead atoms. The SMILES string of the molecule is CS(=O)(=O)OCCCN1CCCOP1(=O)NCCCl. The summed E-state index contributed by atoms with van der Waals surface area (Å²) in [5, 5.41) is 2.82. The molecule has 1 saturated heterocycles. The van der Waals surface area contributed by atoms with Crippen LogP contribution in [0.1, 0.15) is 12.8 Å². The van der Waals surface area contributed by atoms with E-state index in [4.69, 9.17) is 16.1 Å². The van der Waals surface area contributed by atoms with Gasteiger partial charge in [-0.1, -0.05) is 0 Å². The quantitative estimate of drug-likeness (QED) is 0.307. The summed E-state index contributed by atoms with van der Waals surface area (Å²) in [7, 11) is -6.45. The molecule has 1 aliphatic heterocycles. The van der Waals surface area contributed by atoms with E-state index in [2.05, 4.69) is 9.27 Å². The van der Waals surface area contributed by atoms with Crippen LogP contribution in [0.3, 0.4) is 0 Å². The van der Waals surface area contributed by atoms with Crippen LogP contribution < -0.4 is 5.09 Å². The fourth-order valence-corrected chi connectivity index (χ4v) is 4.36. The molecule has 0 radical (unpaired) electrons. The Morgan fingerprint density at radius 1 is 1.53 bits per heavy atom. The predicted molar refractivity (Wildman–Crippen MR) is 73.9 cm³/mol. The lowest BCUT2D eigenvalue weighted by Gasteiger charge is -2.34. The maximum Gasteiger partial charge on any atom is 0.343 e. The number of nitrogens with one attached hydrogen (secondary N) is 1. The lowest BCUT2D eigenvalue weighted by Crippen LogP contribution is -2.36. The fourth-order valence-electron chi connectivity index (χ4n) is 1.68. The van der Waals surface area contributed by atoms with Crippen molar-refractivity contribution in [1.29, 1.82) is 0 Å². The summed E-state index contributed by atoms with van der Waals surface area (Å²) in [5.74, 6) is 0.346. The van der Waals surface area contributed by atoms with E-state index in [1.807, 2.05) is 0 Å². The molecule has 10 heteroatoms. The van der Waals surface area contributed by atoms with Crippen LogP contribution in [0.25, 0.3) is 0 Å². The van der Waals surface area contributed by atoms with Crippen molar-refractivity contribution < 1.29 is 21.7 Å². The summed E-state index contributed by atoms with van der Waals surface area (Å²) < 4.78 is 45.8. The van der Waals surface area contributed by atoms with Crippen LogP contribution in [-0.2, 0) is 23.4 Å². The van der Waals surface area contributed by atoms with E-state index in [0.717, 1.165) is 12.7 Å². The van der Waals surface area contributed by atoms with Gasteiger partial charge in [-0.2, -0.15) is 8.42 Å². The zero-order valence-corrected chi connectivity index (χ0v) is 13.3. The first-order chi connectivity index (χ1) is 8.87. The highest BCUT2D eigenvalue weighted by Gasteiger charge is 2.33. The highest BCUT2D eigenvalue weighted by molar-refractivity contribution is 7.85. The van der Waals surface area contributed by atoms with Crippen molar-refractivity contribution >= 4 is 29.4 Å². The Hall–Kier alpha value is 0.310. The van der Waals surface area contributed by atoms with Gasteiger partial charge in [0.05, 0.1) is 19.5 Å². The van der Waals surface area contributed by atoms with E-state index in [9.17, 15) is 13.0 Å². The summed E-state index contributed by atoms with van der Waals surface area (Å²) in [5.41, 5.74) is 0. The molecule has 0 aliphatic carbocycles. The van der Waals surface area contributed by atoms with Crippen molar-refractivity contribution in [1.82, 2.24) is 9.76 Å². The molecule has 7 nitrogen and oxygen atoms in total. The predicted octanol–water partition coefficient (Wildman–Crippen LogP) is 1.01. The smallest absolute Gasteiger partial charge is 0.306 e. The van der Waals surface area contributed by atoms with Crippen molar-refractivity contribution in [3.05, 3.63) is 0 Å². The molecule has 1 fully saturated rings. The molecule has 0 amide bonds. The number of hydrogen-bond donors (Lipinski definition) is 1. The number of hydrogen-bond acceptors (Lipinski definition) is 5. The average Bonchev–Trinajstić information content (AvgIpc) is 2.33. The summed E-state index contributed by atoms with van der Waals surface area (Å²) in [6.45, 7) is 2.01. The fraction of sp³-hybridized carbons (Fsp3) is 1.00. The third-order valence-corrected chi connectivity index (χ3v) is 5.55. The Morgan fingerprint density at radius 3 is 2.89 bits per heavy atom. The minimum absolute atomic E-state index is 0.0742. The third-order valence-electron chi connectivity index (χ3n) is 2.46. The van der Waals surface area contributed by atoms with Gasteiger partial charge >= 0.3 is 7.67 Å². The number of alkyl halides is 1. The Morgan fingerprint density at radius 2 is 2.26 bits per heavy atom. The van der Waals surface area contributed by atoms with Crippen LogP contribution in [0.5, 0.6) is 0 Å². The molecule has 1 N–H and O–H groups in total. The van der Waals surface area contributed by atoms with E-state index in [1.165, 1.54) is 0 Å². The number of rotatable bonds is 8. The molecule has 1 aliphatic rings. The number of halogens is 1. The van der Waals surface area contributed by atoms with Crippen LogP contribution in [0, 0.1) is 0 Å². The third kappa shape index (κ3) is 6.53. The van der Waals surface area contributed by atoms with Crippen LogP contribution in [0.2, 0.25) is 0 Å². The van der Waals surface area contributed by atoms with Crippen molar-refractivity contribution in [2.24, 2.45) is 0 Å².